The summed E-state index contributed by atoms with van der Waals surface area (Å²) in [4.78, 5) is 3.07. The van der Waals surface area contributed by atoms with Crippen LogP contribution >= 0.6 is 12.4 Å². The van der Waals surface area contributed by atoms with Crippen molar-refractivity contribution in [3.05, 3.63) is 29.8 Å². The first-order valence-corrected chi connectivity index (χ1v) is 3.35. The van der Waals surface area contributed by atoms with Crippen LogP contribution in [0.25, 0.3) is 0 Å². The molecule has 2 N–H and O–H groups in total. The third-order valence-corrected chi connectivity index (χ3v) is 1.48. The fourth-order valence-corrected chi connectivity index (χ4v) is 0.807. The highest BCUT2D eigenvalue weighted by Crippen LogP contribution is 2.30. The first-order chi connectivity index (χ1) is 5.93. The van der Waals surface area contributed by atoms with Crippen molar-refractivity contribution in [1.82, 2.24) is 4.98 Å². The molecule has 1 aromatic heterocycles. The Balaban J connectivity index is 0.00000169. The summed E-state index contributed by atoms with van der Waals surface area (Å²) < 4.78 is 48.7. The van der Waals surface area contributed by atoms with Crippen molar-refractivity contribution in [2.75, 3.05) is 0 Å². The number of aromatic nitrogens is 1. The number of halogens is 5. The SMILES string of the molecule is Cl.N[C@H](c1cccnc1F)C(F)(F)F. The Morgan fingerprint density at radius 1 is 1.36 bits per heavy atom. The average molecular weight is 231 g/mol. The normalized spacial score (nSPS) is 13.2. The molecule has 14 heavy (non-hydrogen) atoms. The van der Waals surface area contributed by atoms with Crippen LogP contribution in [-0.2, 0) is 0 Å². The van der Waals surface area contributed by atoms with Gasteiger partial charge in [-0.2, -0.15) is 17.6 Å². The molecule has 0 aliphatic heterocycles. The topological polar surface area (TPSA) is 38.9 Å². The van der Waals surface area contributed by atoms with Crippen LogP contribution in [0.1, 0.15) is 11.6 Å². The molecule has 7 heteroatoms. The van der Waals surface area contributed by atoms with Gasteiger partial charge >= 0.3 is 6.18 Å². The lowest BCUT2D eigenvalue weighted by molar-refractivity contribution is -0.149. The molecular formula is C7H7ClF4N2. The maximum absolute atomic E-state index is 12.7. The highest BCUT2D eigenvalue weighted by molar-refractivity contribution is 5.85. The van der Waals surface area contributed by atoms with Crippen LogP contribution in [0.15, 0.2) is 18.3 Å². The second-order valence-corrected chi connectivity index (χ2v) is 2.40. The van der Waals surface area contributed by atoms with E-state index < -0.39 is 23.7 Å². The average Bonchev–Trinajstić information content (AvgIpc) is 2.02. The maximum atomic E-state index is 12.7. The molecule has 0 bridgehead atoms. The molecule has 0 aliphatic rings. The fraction of sp³-hybridized carbons (Fsp3) is 0.286. The molecule has 0 saturated carbocycles. The summed E-state index contributed by atoms with van der Waals surface area (Å²) >= 11 is 0. The number of nitrogens with two attached hydrogens (primary N) is 1. The lowest BCUT2D eigenvalue weighted by atomic mass is 10.1. The summed E-state index contributed by atoms with van der Waals surface area (Å²) in [5.41, 5.74) is 4.12. The summed E-state index contributed by atoms with van der Waals surface area (Å²) in [5, 5.41) is 0. The van der Waals surface area contributed by atoms with Crippen molar-refractivity contribution in [2.24, 2.45) is 5.73 Å². The maximum Gasteiger partial charge on any atom is 0.407 e. The van der Waals surface area contributed by atoms with Crippen LogP contribution in [0, 0.1) is 5.95 Å². The molecule has 1 rings (SSSR count). The first-order valence-electron chi connectivity index (χ1n) is 3.35. The predicted octanol–water partition coefficient (Wildman–Crippen LogP) is 2.20. The summed E-state index contributed by atoms with van der Waals surface area (Å²) in [5.74, 6) is -1.19. The Morgan fingerprint density at radius 2 is 1.93 bits per heavy atom. The molecule has 0 spiro atoms. The smallest absolute Gasteiger partial charge is 0.316 e. The molecule has 0 aromatic carbocycles. The van der Waals surface area contributed by atoms with Crippen molar-refractivity contribution in [1.29, 1.82) is 0 Å². The standard InChI is InChI=1S/C7H6F4N2.ClH/c8-6-4(2-1-3-13-6)5(12)7(9,10)11;/h1-3,5H,12H2;1H/t5-;/m1./s1. The zero-order chi connectivity index (χ0) is 10.1. The summed E-state index contributed by atoms with van der Waals surface area (Å²) in [6.07, 6.45) is -3.59. The van der Waals surface area contributed by atoms with E-state index in [1.165, 1.54) is 6.07 Å². The second-order valence-electron chi connectivity index (χ2n) is 2.40. The van der Waals surface area contributed by atoms with Crippen LogP contribution in [0.2, 0.25) is 0 Å². The molecule has 1 heterocycles. The number of pyridine rings is 1. The molecule has 1 aromatic rings. The van der Waals surface area contributed by atoms with E-state index in [2.05, 4.69) is 4.98 Å². The van der Waals surface area contributed by atoms with Crippen molar-refractivity contribution in [3.63, 3.8) is 0 Å². The largest absolute Gasteiger partial charge is 0.407 e. The number of rotatable bonds is 1. The zero-order valence-electron chi connectivity index (χ0n) is 6.75. The predicted molar refractivity (Wildman–Crippen MR) is 44.4 cm³/mol. The summed E-state index contributed by atoms with van der Waals surface area (Å²) in [6, 6.07) is -0.161. The Bertz CT molecular complexity index is 302. The molecule has 0 fully saturated rings. The van der Waals surface area contributed by atoms with Gasteiger partial charge < -0.3 is 5.73 Å². The third-order valence-electron chi connectivity index (χ3n) is 1.48. The van der Waals surface area contributed by atoms with Gasteiger partial charge in [0.15, 0.2) is 0 Å². The highest BCUT2D eigenvalue weighted by Gasteiger charge is 2.39. The molecule has 2 nitrogen and oxygen atoms in total. The lowest BCUT2D eigenvalue weighted by Crippen LogP contribution is -2.29. The van der Waals surface area contributed by atoms with Crippen molar-refractivity contribution in [2.45, 2.75) is 12.2 Å². The lowest BCUT2D eigenvalue weighted by Gasteiger charge is -2.15. The van der Waals surface area contributed by atoms with Gasteiger partial charge in [0.25, 0.3) is 0 Å². The third kappa shape index (κ3) is 2.81. The minimum atomic E-state index is -4.65. The van der Waals surface area contributed by atoms with Gasteiger partial charge in [-0.15, -0.1) is 12.4 Å². The number of alkyl halides is 3. The fourth-order valence-electron chi connectivity index (χ4n) is 0.807. The van der Waals surface area contributed by atoms with E-state index in [0.29, 0.717) is 0 Å². The van der Waals surface area contributed by atoms with E-state index in [1.807, 2.05) is 0 Å². The molecule has 0 aliphatic carbocycles. The van der Waals surface area contributed by atoms with Gasteiger partial charge in [-0.1, -0.05) is 6.07 Å². The molecule has 0 unspecified atom stereocenters. The van der Waals surface area contributed by atoms with Gasteiger partial charge in [-0.25, -0.2) is 4.98 Å². The van der Waals surface area contributed by atoms with Gasteiger partial charge in [0, 0.05) is 11.8 Å². The van der Waals surface area contributed by atoms with E-state index >= 15 is 0 Å². The monoisotopic (exact) mass is 230 g/mol. The Morgan fingerprint density at radius 3 is 2.36 bits per heavy atom. The van der Waals surface area contributed by atoms with E-state index in [4.69, 9.17) is 5.73 Å². The highest BCUT2D eigenvalue weighted by atomic mass is 35.5. The zero-order valence-corrected chi connectivity index (χ0v) is 7.57. The molecule has 0 radical (unpaired) electrons. The Labute approximate surface area is 83.5 Å². The number of hydrogen-bond acceptors (Lipinski definition) is 2. The van der Waals surface area contributed by atoms with Gasteiger partial charge in [0.05, 0.1) is 0 Å². The molecule has 1 atom stereocenters. The number of hydrogen-bond donors (Lipinski definition) is 1. The number of nitrogens with zero attached hydrogens (tertiary/aromatic N) is 1. The summed E-state index contributed by atoms with van der Waals surface area (Å²) in [7, 11) is 0. The Kier molecular flexibility index (Phi) is 4.28. The quantitative estimate of drug-likeness (QED) is 0.593. The minimum Gasteiger partial charge on any atom is -0.316 e. The van der Waals surface area contributed by atoms with E-state index in [9.17, 15) is 17.6 Å². The van der Waals surface area contributed by atoms with Crippen LogP contribution in [0.3, 0.4) is 0 Å². The van der Waals surface area contributed by atoms with Crippen molar-refractivity contribution < 1.29 is 17.6 Å². The molecule has 0 amide bonds. The molecule has 80 valence electrons. The molecular weight excluding hydrogens is 224 g/mol. The second kappa shape index (κ2) is 4.56. The van der Waals surface area contributed by atoms with E-state index in [0.717, 1.165) is 12.3 Å². The van der Waals surface area contributed by atoms with Crippen molar-refractivity contribution in [3.8, 4) is 0 Å². The van der Waals surface area contributed by atoms with Gasteiger partial charge in [0.1, 0.15) is 6.04 Å². The van der Waals surface area contributed by atoms with Crippen LogP contribution in [0.4, 0.5) is 17.6 Å². The van der Waals surface area contributed by atoms with Crippen LogP contribution in [-0.4, -0.2) is 11.2 Å². The van der Waals surface area contributed by atoms with Gasteiger partial charge in [-0.05, 0) is 6.07 Å². The Hall–Kier alpha value is -0.880. The van der Waals surface area contributed by atoms with Gasteiger partial charge in [-0.3, -0.25) is 0 Å². The van der Waals surface area contributed by atoms with Gasteiger partial charge in [0.2, 0.25) is 5.95 Å². The van der Waals surface area contributed by atoms with Crippen LogP contribution < -0.4 is 5.73 Å². The minimum absolute atomic E-state index is 0. The van der Waals surface area contributed by atoms with Crippen molar-refractivity contribution >= 4 is 12.4 Å². The van der Waals surface area contributed by atoms with Crippen LogP contribution in [0.5, 0.6) is 0 Å². The van der Waals surface area contributed by atoms with E-state index in [-0.39, 0.29) is 12.4 Å². The first kappa shape index (κ1) is 13.1. The summed E-state index contributed by atoms with van der Waals surface area (Å²) in [6.45, 7) is 0. The van der Waals surface area contributed by atoms with E-state index in [1.54, 1.807) is 0 Å². The molecule has 0 saturated heterocycles.